The minimum atomic E-state index is -0.926. The van der Waals surface area contributed by atoms with Crippen molar-refractivity contribution in [3.8, 4) is 34.3 Å². The Balaban J connectivity index is 1.06. The summed E-state index contributed by atoms with van der Waals surface area (Å²) in [6.07, 6.45) is 6.28. The molecule has 0 aromatic carbocycles. The summed E-state index contributed by atoms with van der Waals surface area (Å²) in [5, 5.41) is 37.3. The number of amides is 2. The maximum atomic E-state index is 13.0. The summed E-state index contributed by atoms with van der Waals surface area (Å²) in [5.41, 5.74) is 4.11. The largest absolute Gasteiger partial charge is 0.489 e. The predicted molar refractivity (Wildman–Crippen MR) is 237 cm³/mol. The van der Waals surface area contributed by atoms with Gasteiger partial charge in [0, 0.05) is 40.8 Å². The SMILES string of the molecule is CCCN(C)C(=O)OCc1c(-c2ccc(O[C@H]3CCC[C@H](C(=O)O)C3)c(C)n2)nnn1CC1C[C@H](Oc2ccc(-c3nnn(C)c3COC(=O)N(C)CC3CCC3)nc2C)C[C@@H](C(=O)O)C1. The first kappa shape index (κ1) is 47.6. The molecular formula is C46H62N10O10. The molecule has 0 bridgehead atoms. The number of hydrogen-bond donors (Lipinski definition) is 2. The van der Waals surface area contributed by atoms with E-state index in [2.05, 4.69) is 20.6 Å². The third-order valence-corrected chi connectivity index (χ3v) is 13.0. The number of aromatic nitrogens is 8. The number of nitrogens with zero attached hydrogens (tertiary/aromatic N) is 10. The minimum absolute atomic E-state index is 0.0331. The molecule has 4 heterocycles. The van der Waals surface area contributed by atoms with Gasteiger partial charge in [-0.25, -0.2) is 28.9 Å². The molecule has 3 aliphatic rings. The number of carboxylic acids is 2. The molecule has 4 aromatic rings. The van der Waals surface area contributed by atoms with Crippen LogP contribution in [0.5, 0.6) is 11.5 Å². The predicted octanol–water partition coefficient (Wildman–Crippen LogP) is 6.47. The summed E-state index contributed by atoms with van der Waals surface area (Å²) in [4.78, 5) is 62.7. The van der Waals surface area contributed by atoms with E-state index < -0.39 is 42.1 Å². The van der Waals surface area contributed by atoms with E-state index in [4.69, 9.17) is 28.9 Å². The normalized spacial score (nSPS) is 20.8. The highest BCUT2D eigenvalue weighted by Crippen LogP contribution is 2.36. The summed E-state index contributed by atoms with van der Waals surface area (Å²) in [6, 6.07) is 7.09. The van der Waals surface area contributed by atoms with Crippen molar-refractivity contribution >= 4 is 24.1 Å². The van der Waals surface area contributed by atoms with E-state index in [1.54, 1.807) is 66.6 Å². The summed E-state index contributed by atoms with van der Waals surface area (Å²) >= 11 is 0. The Morgan fingerprint density at radius 1 is 0.697 bits per heavy atom. The molecule has 3 fully saturated rings. The van der Waals surface area contributed by atoms with Crippen LogP contribution in [0, 0.1) is 37.5 Å². The van der Waals surface area contributed by atoms with Crippen LogP contribution in [0.3, 0.4) is 0 Å². The van der Waals surface area contributed by atoms with Crippen molar-refractivity contribution < 1.29 is 48.3 Å². The zero-order valence-electron chi connectivity index (χ0n) is 38.7. The van der Waals surface area contributed by atoms with Gasteiger partial charge in [0.1, 0.15) is 47.5 Å². The number of aliphatic carboxylic acids is 2. The van der Waals surface area contributed by atoms with Crippen LogP contribution >= 0.6 is 0 Å². The number of carboxylic acid groups (broad SMARTS) is 2. The molecule has 0 saturated heterocycles. The molecule has 7 rings (SSSR count). The second-order valence-electron chi connectivity index (χ2n) is 18.1. The van der Waals surface area contributed by atoms with E-state index in [0.29, 0.717) is 102 Å². The lowest BCUT2D eigenvalue weighted by atomic mass is 9.79. The van der Waals surface area contributed by atoms with Gasteiger partial charge in [0.15, 0.2) is 0 Å². The number of carbonyl (C=O) groups is 4. The lowest BCUT2D eigenvalue weighted by Gasteiger charge is -2.33. The number of pyridine rings is 2. The van der Waals surface area contributed by atoms with Crippen LogP contribution in [0.15, 0.2) is 24.3 Å². The zero-order valence-corrected chi connectivity index (χ0v) is 38.7. The first-order valence-electron chi connectivity index (χ1n) is 23.0. The second-order valence-corrected chi connectivity index (χ2v) is 18.1. The van der Waals surface area contributed by atoms with E-state index in [1.165, 1.54) is 11.3 Å². The molecule has 3 aliphatic carbocycles. The smallest absolute Gasteiger partial charge is 0.409 e. The third-order valence-electron chi connectivity index (χ3n) is 13.0. The van der Waals surface area contributed by atoms with Gasteiger partial charge in [-0.15, -0.1) is 10.2 Å². The number of rotatable bonds is 18. The van der Waals surface area contributed by atoms with Crippen LogP contribution < -0.4 is 9.47 Å². The fraction of sp³-hybridized carbons (Fsp3) is 0.609. The molecule has 356 valence electrons. The second kappa shape index (κ2) is 21.3. The Bertz CT molecular complexity index is 2360. The fourth-order valence-electron chi connectivity index (χ4n) is 9.12. The van der Waals surface area contributed by atoms with E-state index >= 15 is 0 Å². The molecule has 5 atom stereocenters. The Kier molecular flexibility index (Phi) is 15.4. The van der Waals surface area contributed by atoms with Gasteiger partial charge in [-0.1, -0.05) is 23.8 Å². The van der Waals surface area contributed by atoms with Crippen LogP contribution in [0.2, 0.25) is 0 Å². The van der Waals surface area contributed by atoms with Gasteiger partial charge in [0.25, 0.3) is 0 Å². The topological polar surface area (TPSA) is 239 Å². The van der Waals surface area contributed by atoms with Crippen molar-refractivity contribution in [1.82, 2.24) is 49.8 Å². The minimum Gasteiger partial charge on any atom is -0.489 e. The van der Waals surface area contributed by atoms with Gasteiger partial charge in [-0.3, -0.25) is 9.59 Å². The molecule has 0 spiro atoms. The molecule has 2 N–H and O–H groups in total. The fourth-order valence-corrected chi connectivity index (χ4v) is 9.12. The lowest BCUT2D eigenvalue weighted by molar-refractivity contribution is -0.145. The van der Waals surface area contributed by atoms with Crippen molar-refractivity contribution in [2.45, 2.75) is 123 Å². The molecule has 66 heavy (non-hydrogen) atoms. The first-order valence-corrected chi connectivity index (χ1v) is 23.0. The zero-order chi connectivity index (χ0) is 47.1. The highest BCUT2D eigenvalue weighted by molar-refractivity contribution is 5.71. The monoisotopic (exact) mass is 914 g/mol. The molecular weight excluding hydrogens is 853 g/mol. The van der Waals surface area contributed by atoms with Crippen molar-refractivity contribution in [3.63, 3.8) is 0 Å². The molecule has 20 heteroatoms. The van der Waals surface area contributed by atoms with Gasteiger partial charge in [-0.05, 0) is 114 Å². The van der Waals surface area contributed by atoms with Crippen molar-refractivity contribution in [2.24, 2.45) is 30.7 Å². The number of ether oxygens (including phenoxy) is 4. The van der Waals surface area contributed by atoms with Crippen molar-refractivity contribution in [1.29, 1.82) is 0 Å². The van der Waals surface area contributed by atoms with Crippen LogP contribution in [0.4, 0.5) is 9.59 Å². The van der Waals surface area contributed by atoms with Gasteiger partial charge >= 0.3 is 24.1 Å². The van der Waals surface area contributed by atoms with Gasteiger partial charge in [-0.2, -0.15) is 0 Å². The van der Waals surface area contributed by atoms with Crippen molar-refractivity contribution in [3.05, 3.63) is 47.0 Å². The standard InChI is InChI=1S/C46H62N10O10/c1-7-18-53(4)45(61)64-26-38-42(36-15-16-39(27(2)48-36)65-33-13-9-12-31(21-33)43(57)58)50-52-56(38)24-30-19-32(44(59)60)22-34(20-30)66-40-17-14-35(47-28(40)3)41-37(55(6)51-49-41)25-63-46(62)54(5)23-29-10-8-11-29/h14-17,29-34H,7-13,18-26H2,1-6H3,(H,57,58)(H,59,60)/t30?,31-,32-,33-,34-/m0/s1. The molecule has 0 aliphatic heterocycles. The average Bonchev–Trinajstić information content (AvgIpc) is 3.86. The Labute approximate surface area is 384 Å². The van der Waals surface area contributed by atoms with Gasteiger partial charge in [0.05, 0.1) is 46.8 Å². The van der Waals surface area contributed by atoms with E-state index in [-0.39, 0.29) is 38.2 Å². The third kappa shape index (κ3) is 11.5. The molecule has 2 amide bonds. The van der Waals surface area contributed by atoms with E-state index in [9.17, 15) is 29.4 Å². The van der Waals surface area contributed by atoms with Gasteiger partial charge in [0.2, 0.25) is 0 Å². The average molecular weight is 915 g/mol. The molecule has 3 saturated carbocycles. The molecule has 1 unspecified atom stereocenters. The van der Waals surface area contributed by atoms with Crippen molar-refractivity contribution in [2.75, 3.05) is 27.2 Å². The van der Waals surface area contributed by atoms with Crippen LogP contribution in [0.1, 0.15) is 100 Å². The summed E-state index contributed by atoms with van der Waals surface area (Å²) in [6.45, 7) is 6.83. The van der Waals surface area contributed by atoms with Crippen LogP contribution in [-0.2, 0) is 45.9 Å². The first-order chi connectivity index (χ1) is 31.7. The maximum absolute atomic E-state index is 13.0. The number of carbonyl (C=O) groups excluding carboxylic acids is 2. The van der Waals surface area contributed by atoms with E-state index in [1.807, 2.05) is 13.8 Å². The Morgan fingerprint density at radius 3 is 1.88 bits per heavy atom. The van der Waals surface area contributed by atoms with Crippen LogP contribution in [0.25, 0.3) is 22.8 Å². The number of hydrogen-bond acceptors (Lipinski definition) is 14. The summed E-state index contributed by atoms with van der Waals surface area (Å²) in [7, 11) is 5.14. The van der Waals surface area contributed by atoms with Crippen LogP contribution in [-0.4, -0.2) is 123 Å². The quantitative estimate of drug-likeness (QED) is 0.109. The van der Waals surface area contributed by atoms with Gasteiger partial charge < -0.3 is 39.0 Å². The highest BCUT2D eigenvalue weighted by Gasteiger charge is 2.36. The molecule has 0 radical (unpaired) electrons. The lowest BCUT2D eigenvalue weighted by Crippen LogP contribution is -2.36. The highest BCUT2D eigenvalue weighted by atomic mass is 16.6. The molecule has 4 aromatic heterocycles. The maximum Gasteiger partial charge on any atom is 0.409 e. The Hall–Kier alpha value is -6.34. The molecule has 20 nitrogen and oxygen atoms in total. The summed E-state index contributed by atoms with van der Waals surface area (Å²) < 4.78 is 27.4. The summed E-state index contributed by atoms with van der Waals surface area (Å²) in [5.74, 6) is -1.54. The number of aryl methyl sites for hydroxylation is 3. The van der Waals surface area contributed by atoms with E-state index in [0.717, 1.165) is 32.1 Å². The Morgan fingerprint density at radius 2 is 1.27 bits per heavy atom.